The normalized spacial score (nSPS) is 49.2. The minimum atomic E-state index is -0.518. The third kappa shape index (κ3) is 2.83. The van der Waals surface area contributed by atoms with Gasteiger partial charge in [0.1, 0.15) is 6.10 Å². The van der Waals surface area contributed by atoms with E-state index in [4.69, 9.17) is 9.47 Å². The fraction of sp³-hybridized carbons (Fsp3) is 0.857. The number of esters is 1. The third-order valence-corrected chi connectivity index (χ3v) is 7.52. The molecule has 2 aliphatic heterocycles. The lowest BCUT2D eigenvalue weighted by molar-refractivity contribution is -0.145. The average Bonchev–Trinajstić information content (AvgIpc) is 2.85. The SMILES string of the molecule is C[C@@H]1CN(C[C@H]2C(=O)O[C@@H]3CC4=CCC[C@H](C)[C@@]4(C)[C@H](O)[C@@H]32)C[C@H](C)O1. The van der Waals surface area contributed by atoms with Gasteiger partial charge in [-0.1, -0.05) is 25.5 Å². The van der Waals surface area contributed by atoms with Gasteiger partial charge in [0.05, 0.1) is 24.2 Å². The fourth-order valence-corrected chi connectivity index (χ4v) is 5.99. The number of allylic oxidation sites excluding steroid dienone is 1. The van der Waals surface area contributed by atoms with Crippen molar-refractivity contribution in [3.8, 4) is 0 Å². The number of hydrogen-bond donors (Lipinski definition) is 1. The van der Waals surface area contributed by atoms with Gasteiger partial charge in [0, 0.05) is 37.4 Å². The molecule has 4 aliphatic rings. The molecule has 0 aromatic rings. The van der Waals surface area contributed by atoms with E-state index in [1.807, 2.05) is 0 Å². The highest BCUT2D eigenvalue weighted by molar-refractivity contribution is 5.76. The largest absolute Gasteiger partial charge is 0.461 e. The molecule has 3 fully saturated rings. The lowest BCUT2D eigenvalue weighted by Gasteiger charge is -2.52. The van der Waals surface area contributed by atoms with E-state index in [0.717, 1.165) is 32.4 Å². The third-order valence-electron chi connectivity index (χ3n) is 7.52. The molecule has 26 heavy (non-hydrogen) atoms. The molecular weight excluding hydrogens is 330 g/mol. The molecule has 0 unspecified atom stereocenters. The van der Waals surface area contributed by atoms with Crippen molar-refractivity contribution in [1.29, 1.82) is 0 Å². The number of fused-ring (bicyclic) bond motifs is 2. The van der Waals surface area contributed by atoms with Crippen molar-refractivity contribution in [2.75, 3.05) is 19.6 Å². The van der Waals surface area contributed by atoms with Gasteiger partial charge in [-0.2, -0.15) is 0 Å². The Labute approximate surface area is 156 Å². The second-order valence-electron chi connectivity index (χ2n) is 9.27. The summed E-state index contributed by atoms with van der Waals surface area (Å²) >= 11 is 0. The molecule has 2 aliphatic carbocycles. The summed E-state index contributed by atoms with van der Waals surface area (Å²) in [6.07, 6.45) is 4.91. The van der Waals surface area contributed by atoms with Crippen LogP contribution in [0.4, 0.5) is 0 Å². The molecule has 2 saturated heterocycles. The van der Waals surface area contributed by atoms with Crippen LogP contribution >= 0.6 is 0 Å². The van der Waals surface area contributed by atoms with Gasteiger partial charge in [-0.3, -0.25) is 9.69 Å². The average molecular weight is 363 g/mol. The van der Waals surface area contributed by atoms with Gasteiger partial charge in [-0.05, 0) is 32.6 Å². The molecule has 0 radical (unpaired) electrons. The van der Waals surface area contributed by atoms with Gasteiger partial charge < -0.3 is 14.6 Å². The zero-order valence-electron chi connectivity index (χ0n) is 16.5. The first-order chi connectivity index (χ1) is 12.3. The Balaban J connectivity index is 1.57. The number of aliphatic hydroxyl groups excluding tert-OH is 1. The Morgan fingerprint density at radius 3 is 2.65 bits per heavy atom. The molecule has 1 saturated carbocycles. The van der Waals surface area contributed by atoms with Crippen LogP contribution in [0.5, 0.6) is 0 Å². The van der Waals surface area contributed by atoms with Crippen molar-refractivity contribution >= 4 is 5.97 Å². The summed E-state index contributed by atoms with van der Waals surface area (Å²) in [5.74, 6) is -0.0294. The van der Waals surface area contributed by atoms with Crippen LogP contribution in [0.3, 0.4) is 0 Å². The maximum Gasteiger partial charge on any atom is 0.311 e. The van der Waals surface area contributed by atoms with Gasteiger partial charge in [-0.25, -0.2) is 0 Å². The molecule has 5 heteroatoms. The summed E-state index contributed by atoms with van der Waals surface area (Å²) < 4.78 is 11.6. The monoisotopic (exact) mass is 363 g/mol. The topological polar surface area (TPSA) is 59.0 Å². The molecule has 146 valence electrons. The van der Waals surface area contributed by atoms with Gasteiger partial charge >= 0.3 is 5.97 Å². The van der Waals surface area contributed by atoms with E-state index in [0.29, 0.717) is 12.5 Å². The number of aliphatic hydroxyl groups is 1. The van der Waals surface area contributed by atoms with Crippen molar-refractivity contribution in [1.82, 2.24) is 4.90 Å². The van der Waals surface area contributed by atoms with E-state index >= 15 is 0 Å². The van der Waals surface area contributed by atoms with Crippen LogP contribution in [0.2, 0.25) is 0 Å². The van der Waals surface area contributed by atoms with Crippen LogP contribution in [0.15, 0.2) is 11.6 Å². The molecular formula is C21H33NO4. The summed E-state index contributed by atoms with van der Waals surface area (Å²) in [6, 6.07) is 0. The maximum atomic E-state index is 12.7. The Morgan fingerprint density at radius 2 is 1.96 bits per heavy atom. The van der Waals surface area contributed by atoms with Crippen molar-refractivity contribution in [2.24, 2.45) is 23.2 Å². The first-order valence-electron chi connectivity index (χ1n) is 10.3. The van der Waals surface area contributed by atoms with E-state index in [1.165, 1.54) is 5.57 Å². The van der Waals surface area contributed by atoms with Crippen LogP contribution in [0.1, 0.15) is 47.0 Å². The minimum Gasteiger partial charge on any atom is -0.461 e. The van der Waals surface area contributed by atoms with E-state index in [2.05, 4.69) is 38.7 Å². The molecule has 0 aromatic heterocycles. The highest BCUT2D eigenvalue weighted by Gasteiger charge is 2.59. The molecule has 4 rings (SSSR count). The van der Waals surface area contributed by atoms with Crippen molar-refractivity contribution < 1.29 is 19.4 Å². The highest BCUT2D eigenvalue weighted by atomic mass is 16.6. The smallest absolute Gasteiger partial charge is 0.311 e. The molecule has 0 aromatic carbocycles. The van der Waals surface area contributed by atoms with Crippen LogP contribution in [0.25, 0.3) is 0 Å². The van der Waals surface area contributed by atoms with E-state index < -0.39 is 6.10 Å². The number of nitrogens with zero attached hydrogens (tertiary/aromatic N) is 1. The van der Waals surface area contributed by atoms with Crippen LogP contribution in [0, 0.1) is 23.2 Å². The number of ether oxygens (including phenoxy) is 2. The number of carbonyl (C=O) groups excluding carboxylic acids is 1. The van der Waals surface area contributed by atoms with Crippen molar-refractivity contribution in [3.63, 3.8) is 0 Å². The molecule has 1 N–H and O–H groups in total. The van der Waals surface area contributed by atoms with E-state index in [1.54, 1.807) is 0 Å². The Bertz CT molecular complexity index is 595. The Kier molecular flexibility index (Phi) is 4.69. The number of carbonyl (C=O) groups is 1. The number of morpholine rings is 1. The van der Waals surface area contributed by atoms with Crippen molar-refractivity contribution in [3.05, 3.63) is 11.6 Å². The molecule has 2 heterocycles. The minimum absolute atomic E-state index is 0.0985. The zero-order valence-corrected chi connectivity index (χ0v) is 16.5. The lowest BCUT2D eigenvalue weighted by Crippen LogP contribution is -2.55. The summed E-state index contributed by atoms with van der Waals surface area (Å²) in [7, 11) is 0. The molecule has 0 spiro atoms. The number of rotatable bonds is 2. The second-order valence-corrected chi connectivity index (χ2v) is 9.27. The summed E-state index contributed by atoms with van der Waals surface area (Å²) in [5, 5.41) is 11.4. The second kappa shape index (κ2) is 6.61. The number of hydrogen-bond acceptors (Lipinski definition) is 5. The predicted molar refractivity (Wildman–Crippen MR) is 98.5 cm³/mol. The highest BCUT2D eigenvalue weighted by Crippen LogP contribution is 2.56. The van der Waals surface area contributed by atoms with E-state index in [-0.39, 0.29) is 41.5 Å². The molecule has 0 bridgehead atoms. The summed E-state index contributed by atoms with van der Waals surface area (Å²) in [4.78, 5) is 15.0. The van der Waals surface area contributed by atoms with Crippen molar-refractivity contribution in [2.45, 2.75) is 71.4 Å². The van der Waals surface area contributed by atoms with Gasteiger partial charge in [-0.15, -0.1) is 0 Å². The van der Waals surface area contributed by atoms with Gasteiger partial charge in [0.25, 0.3) is 0 Å². The van der Waals surface area contributed by atoms with E-state index in [9.17, 15) is 9.90 Å². The summed E-state index contributed by atoms with van der Waals surface area (Å²) in [5.41, 5.74) is 1.07. The van der Waals surface area contributed by atoms with Crippen LogP contribution < -0.4 is 0 Å². The van der Waals surface area contributed by atoms with Gasteiger partial charge in [0.2, 0.25) is 0 Å². The molecule has 5 nitrogen and oxygen atoms in total. The first kappa shape index (κ1) is 18.5. The molecule has 0 amide bonds. The lowest BCUT2D eigenvalue weighted by atomic mass is 9.55. The fourth-order valence-electron chi connectivity index (χ4n) is 5.99. The zero-order chi connectivity index (χ0) is 18.6. The standard InChI is InChI=1S/C21H33NO4/c1-12-6-5-7-15-8-17-18(19(23)21(12,15)4)16(20(24)26-17)11-22-9-13(2)25-14(3)10-22/h7,12-14,16-19,23H,5-6,8-11H2,1-4H3/t12-,13-,14+,16+,17+,18+,19+,21+/m0/s1. The van der Waals surface area contributed by atoms with Crippen LogP contribution in [-0.2, 0) is 14.3 Å². The Hall–Kier alpha value is -0.910. The first-order valence-corrected chi connectivity index (χ1v) is 10.3. The maximum absolute atomic E-state index is 12.7. The molecule has 8 atom stereocenters. The predicted octanol–water partition coefficient (Wildman–Crippen LogP) is 2.38. The van der Waals surface area contributed by atoms with Gasteiger partial charge in [0.15, 0.2) is 0 Å². The quantitative estimate of drug-likeness (QED) is 0.603. The Morgan fingerprint density at radius 1 is 1.27 bits per heavy atom. The summed E-state index contributed by atoms with van der Waals surface area (Å²) in [6.45, 7) is 10.9. The van der Waals surface area contributed by atoms with Crippen LogP contribution in [-0.4, -0.2) is 60.0 Å².